The molecule has 0 unspecified atom stereocenters. The summed E-state index contributed by atoms with van der Waals surface area (Å²) in [5, 5.41) is 20.8. The Labute approximate surface area is 184 Å². The summed E-state index contributed by atoms with van der Waals surface area (Å²) in [5.74, 6) is -3.45. The second kappa shape index (κ2) is 8.35. The number of rotatable bonds is 5. The maximum absolute atomic E-state index is 14.3. The number of carboxylic acids is 1. The molecule has 2 aromatic carbocycles. The summed E-state index contributed by atoms with van der Waals surface area (Å²) < 4.78 is 15.6. The molecule has 4 rings (SSSR count). The molecule has 0 saturated heterocycles. The van der Waals surface area contributed by atoms with Crippen molar-refractivity contribution in [2.45, 2.75) is 44.9 Å². The number of aromatic nitrogens is 1. The van der Waals surface area contributed by atoms with E-state index in [2.05, 4.69) is 0 Å². The third-order valence-electron chi connectivity index (χ3n) is 6.29. The number of carbonyl (C=O) groups is 2. The number of fused-ring (bicyclic) bond motifs is 1. The summed E-state index contributed by atoms with van der Waals surface area (Å²) in [6, 6.07) is 8.70. The van der Waals surface area contributed by atoms with Crippen LogP contribution in [0.5, 0.6) is 5.75 Å². The lowest BCUT2D eigenvalue weighted by Gasteiger charge is -2.18. The molecule has 0 aliphatic heterocycles. The van der Waals surface area contributed by atoms with E-state index in [1.807, 2.05) is 0 Å². The second-order valence-corrected chi connectivity index (χ2v) is 8.68. The predicted octanol–water partition coefficient (Wildman–Crippen LogP) is 5.88. The summed E-state index contributed by atoms with van der Waals surface area (Å²) in [6.45, 7) is 1.66. The number of halogens is 2. The lowest BCUT2D eigenvalue weighted by molar-refractivity contribution is -0.139. The highest BCUT2D eigenvalue weighted by molar-refractivity contribution is 6.31. The number of hydrogen-bond acceptors (Lipinski definition) is 3. The van der Waals surface area contributed by atoms with Crippen LogP contribution in [0.4, 0.5) is 4.39 Å². The number of phenols is 1. The first kappa shape index (κ1) is 21.4. The van der Waals surface area contributed by atoms with E-state index in [9.17, 15) is 24.2 Å². The monoisotopic (exact) mass is 443 g/mol. The number of nitrogens with zero attached hydrogens (tertiary/aromatic N) is 1. The number of aliphatic carboxylic acids is 1. The van der Waals surface area contributed by atoms with Gasteiger partial charge in [0.2, 0.25) is 0 Å². The molecular weight excluding hydrogens is 421 g/mol. The number of phenolic OH excluding ortho intramolecular Hbond substituents is 1. The van der Waals surface area contributed by atoms with Crippen LogP contribution in [0.3, 0.4) is 0 Å². The lowest BCUT2D eigenvalue weighted by Crippen LogP contribution is -2.18. The highest BCUT2D eigenvalue weighted by Gasteiger charge is 2.32. The number of carbonyl (C=O) groups excluding carboxylic acids is 1. The first-order valence-corrected chi connectivity index (χ1v) is 10.7. The van der Waals surface area contributed by atoms with Gasteiger partial charge in [-0.25, -0.2) is 4.39 Å². The SMILES string of the molecule is Cc1c([C@H](CC2CCCC2)C(=O)O)c2cc(O)c(F)cc2n1C(=O)c1cccc(Cl)c1. The Hall–Kier alpha value is -2.86. The fourth-order valence-corrected chi connectivity index (χ4v) is 5.01. The molecule has 1 heterocycles. The molecule has 5 nitrogen and oxygen atoms in total. The number of benzene rings is 2. The van der Waals surface area contributed by atoms with Gasteiger partial charge in [-0.3, -0.25) is 14.2 Å². The van der Waals surface area contributed by atoms with Crippen LogP contribution in [0.1, 0.15) is 59.6 Å². The smallest absolute Gasteiger partial charge is 0.311 e. The highest BCUT2D eigenvalue weighted by Crippen LogP contribution is 2.41. The molecule has 7 heteroatoms. The van der Waals surface area contributed by atoms with Crippen molar-refractivity contribution in [2.75, 3.05) is 0 Å². The molecule has 2 N–H and O–H groups in total. The van der Waals surface area contributed by atoms with Crippen molar-refractivity contribution in [1.29, 1.82) is 0 Å². The zero-order valence-electron chi connectivity index (χ0n) is 17.1. The van der Waals surface area contributed by atoms with Crippen LogP contribution in [-0.2, 0) is 4.79 Å². The maximum atomic E-state index is 14.3. The summed E-state index contributed by atoms with van der Waals surface area (Å²) in [7, 11) is 0. The number of carboxylic acid groups (broad SMARTS) is 1. The van der Waals surface area contributed by atoms with Crippen LogP contribution in [0.15, 0.2) is 36.4 Å². The first-order chi connectivity index (χ1) is 14.8. The first-order valence-electron chi connectivity index (χ1n) is 10.3. The molecule has 162 valence electrons. The van der Waals surface area contributed by atoms with Gasteiger partial charge in [0, 0.05) is 27.7 Å². The van der Waals surface area contributed by atoms with Crippen LogP contribution in [-0.4, -0.2) is 26.7 Å². The van der Waals surface area contributed by atoms with Crippen LogP contribution in [0.25, 0.3) is 10.9 Å². The quantitative estimate of drug-likeness (QED) is 0.515. The van der Waals surface area contributed by atoms with E-state index in [-0.39, 0.29) is 11.4 Å². The van der Waals surface area contributed by atoms with Crippen molar-refractivity contribution in [3.05, 3.63) is 64.1 Å². The lowest BCUT2D eigenvalue weighted by atomic mass is 9.86. The minimum atomic E-state index is -0.993. The third kappa shape index (κ3) is 3.92. The molecule has 31 heavy (non-hydrogen) atoms. The minimum absolute atomic E-state index is 0.227. The standard InChI is InChI=1S/C24H23ClFNO4/c1-13-22(18(24(30)31)9-14-5-2-3-6-14)17-11-21(28)19(26)12-20(17)27(13)23(29)15-7-4-8-16(25)10-15/h4,7-8,10-12,14,18,28H,2-3,5-6,9H2,1H3,(H,30,31)/t18-/m0/s1. The molecular formula is C24H23ClFNO4. The average Bonchev–Trinajstić information content (AvgIpc) is 3.32. The van der Waals surface area contributed by atoms with Gasteiger partial charge in [-0.05, 0) is 49.1 Å². The molecule has 1 aliphatic rings. The largest absolute Gasteiger partial charge is 0.505 e. The summed E-state index contributed by atoms with van der Waals surface area (Å²) >= 11 is 6.04. The van der Waals surface area contributed by atoms with E-state index in [0.29, 0.717) is 33.7 Å². The van der Waals surface area contributed by atoms with Gasteiger partial charge in [0.05, 0.1) is 11.4 Å². The zero-order valence-corrected chi connectivity index (χ0v) is 17.8. The Morgan fingerprint density at radius 3 is 2.58 bits per heavy atom. The van der Waals surface area contributed by atoms with Gasteiger partial charge in [-0.1, -0.05) is 43.4 Å². The second-order valence-electron chi connectivity index (χ2n) is 8.25. The van der Waals surface area contributed by atoms with Crippen LogP contribution < -0.4 is 0 Å². The Kier molecular flexibility index (Phi) is 5.75. The molecule has 0 spiro atoms. The van der Waals surface area contributed by atoms with E-state index >= 15 is 0 Å². The normalized spacial score (nSPS) is 15.5. The molecule has 1 atom stereocenters. The van der Waals surface area contributed by atoms with Crippen molar-refractivity contribution in [2.24, 2.45) is 5.92 Å². The van der Waals surface area contributed by atoms with E-state index in [1.54, 1.807) is 25.1 Å². The molecule has 1 aliphatic carbocycles. The molecule has 3 aromatic rings. The van der Waals surface area contributed by atoms with Gasteiger partial charge in [0.1, 0.15) is 0 Å². The van der Waals surface area contributed by atoms with E-state index < -0.39 is 29.4 Å². The number of hydrogen-bond donors (Lipinski definition) is 2. The predicted molar refractivity (Wildman–Crippen MR) is 116 cm³/mol. The molecule has 1 saturated carbocycles. The van der Waals surface area contributed by atoms with Crippen LogP contribution in [0.2, 0.25) is 5.02 Å². The van der Waals surface area contributed by atoms with Crippen LogP contribution >= 0.6 is 11.6 Å². The fraction of sp³-hybridized carbons (Fsp3) is 0.333. The Morgan fingerprint density at radius 1 is 1.23 bits per heavy atom. The molecule has 0 radical (unpaired) electrons. The van der Waals surface area contributed by atoms with Gasteiger partial charge in [0.15, 0.2) is 11.6 Å². The van der Waals surface area contributed by atoms with Gasteiger partial charge >= 0.3 is 5.97 Å². The van der Waals surface area contributed by atoms with Gasteiger partial charge in [0.25, 0.3) is 5.91 Å². The van der Waals surface area contributed by atoms with Gasteiger partial charge < -0.3 is 10.2 Å². The summed E-state index contributed by atoms with van der Waals surface area (Å²) in [5.41, 5.74) is 1.40. The molecule has 1 aromatic heterocycles. The fourth-order valence-electron chi connectivity index (χ4n) is 4.82. The summed E-state index contributed by atoms with van der Waals surface area (Å²) in [6.07, 6.45) is 4.55. The Balaban J connectivity index is 1.93. The third-order valence-corrected chi connectivity index (χ3v) is 6.52. The average molecular weight is 444 g/mol. The molecule has 1 fully saturated rings. The van der Waals surface area contributed by atoms with E-state index in [1.165, 1.54) is 16.7 Å². The van der Waals surface area contributed by atoms with Crippen molar-refractivity contribution in [1.82, 2.24) is 4.57 Å². The maximum Gasteiger partial charge on any atom is 0.311 e. The van der Waals surface area contributed by atoms with Gasteiger partial charge in [-0.2, -0.15) is 0 Å². The van der Waals surface area contributed by atoms with E-state index in [4.69, 9.17) is 11.6 Å². The molecule has 0 bridgehead atoms. The number of aromatic hydroxyl groups is 1. The Bertz CT molecular complexity index is 1180. The van der Waals surface area contributed by atoms with Crippen LogP contribution in [0, 0.1) is 18.7 Å². The Morgan fingerprint density at radius 2 is 1.94 bits per heavy atom. The van der Waals surface area contributed by atoms with Crippen molar-refractivity contribution in [3.63, 3.8) is 0 Å². The summed E-state index contributed by atoms with van der Waals surface area (Å²) in [4.78, 5) is 25.6. The minimum Gasteiger partial charge on any atom is -0.505 e. The highest BCUT2D eigenvalue weighted by atomic mass is 35.5. The van der Waals surface area contributed by atoms with Crippen molar-refractivity contribution < 1.29 is 24.2 Å². The topological polar surface area (TPSA) is 79.5 Å². The molecule has 0 amide bonds. The van der Waals surface area contributed by atoms with Gasteiger partial charge in [-0.15, -0.1) is 0 Å². The van der Waals surface area contributed by atoms with Crippen molar-refractivity contribution >= 4 is 34.4 Å². The van der Waals surface area contributed by atoms with Crippen molar-refractivity contribution in [3.8, 4) is 5.75 Å². The zero-order chi connectivity index (χ0) is 22.3. The van der Waals surface area contributed by atoms with E-state index in [0.717, 1.165) is 31.7 Å².